The van der Waals surface area contributed by atoms with Gasteiger partial charge in [-0.05, 0) is 19.3 Å². The molecule has 12 nitrogen and oxygen atoms in total. The van der Waals surface area contributed by atoms with E-state index in [0.717, 1.165) is 0 Å². The van der Waals surface area contributed by atoms with Gasteiger partial charge in [0.05, 0.1) is 18.5 Å². The monoisotopic (exact) mass is 472 g/mol. The SMILES string of the molecule is CC(C)CC(NC(=O)C(N)Cc1cnc[nH]1)C(=O)NC(CS)C(=O)NC(C(=O)O)C(C)O. The van der Waals surface area contributed by atoms with Crippen molar-refractivity contribution in [3.8, 4) is 0 Å². The molecule has 180 valence electrons. The molecule has 1 aromatic rings. The lowest BCUT2D eigenvalue weighted by atomic mass is 10.0. The molecule has 8 N–H and O–H groups in total. The molecule has 0 aliphatic rings. The van der Waals surface area contributed by atoms with Gasteiger partial charge in [-0.3, -0.25) is 14.4 Å². The molecule has 5 unspecified atom stereocenters. The number of imidazole rings is 1. The number of nitrogens with one attached hydrogen (secondary N) is 4. The lowest BCUT2D eigenvalue weighted by Crippen LogP contribution is -2.59. The fourth-order valence-corrected chi connectivity index (χ4v) is 3.07. The number of carbonyl (C=O) groups excluding carboxylic acids is 3. The Balaban J connectivity index is 2.82. The van der Waals surface area contributed by atoms with Crippen LogP contribution in [0.1, 0.15) is 32.9 Å². The van der Waals surface area contributed by atoms with Gasteiger partial charge in [-0.15, -0.1) is 0 Å². The number of amides is 3. The van der Waals surface area contributed by atoms with Crippen molar-refractivity contribution in [1.82, 2.24) is 25.9 Å². The fourth-order valence-electron chi connectivity index (χ4n) is 2.82. The van der Waals surface area contributed by atoms with Gasteiger partial charge >= 0.3 is 5.97 Å². The third kappa shape index (κ3) is 8.85. The third-order valence-electron chi connectivity index (χ3n) is 4.53. The van der Waals surface area contributed by atoms with Crippen LogP contribution in [0.4, 0.5) is 0 Å². The standard InChI is InChI=1S/C19H32N6O6S/c1-9(2)4-13(23-16(27)12(20)5-11-6-21-8-22-11)17(28)24-14(7-32)18(29)25-15(10(3)26)19(30)31/h6,8-10,12-15,26,32H,4-5,7,20H2,1-3H3,(H,21,22)(H,23,27)(H,24,28)(H,25,29)(H,30,31). The number of aliphatic carboxylic acids is 1. The Labute approximate surface area is 191 Å². The number of hydrogen-bond donors (Lipinski definition) is 8. The van der Waals surface area contributed by atoms with E-state index in [1.807, 2.05) is 13.8 Å². The molecule has 5 atom stereocenters. The number of thiol groups is 1. The number of nitrogens with zero attached hydrogens (tertiary/aromatic N) is 1. The number of rotatable bonds is 13. The summed E-state index contributed by atoms with van der Waals surface area (Å²) in [7, 11) is 0. The molecule has 0 aromatic carbocycles. The van der Waals surface area contributed by atoms with Gasteiger partial charge in [-0.25, -0.2) is 9.78 Å². The first-order valence-corrected chi connectivity index (χ1v) is 10.7. The zero-order valence-electron chi connectivity index (χ0n) is 18.2. The topological polar surface area (TPSA) is 200 Å². The number of H-pyrrole nitrogens is 1. The van der Waals surface area contributed by atoms with Gasteiger partial charge in [0, 0.05) is 24.1 Å². The van der Waals surface area contributed by atoms with Gasteiger partial charge in [0.1, 0.15) is 12.1 Å². The summed E-state index contributed by atoms with van der Waals surface area (Å²) in [6.07, 6.45) is 2.13. The molecule has 0 fully saturated rings. The number of carbonyl (C=O) groups is 4. The molecule has 0 saturated carbocycles. The van der Waals surface area contributed by atoms with Crippen molar-refractivity contribution < 1.29 is 29.4 Å². The molecule has 0 aliphatic heterocycles. The number of nitrogens with two attached hydrogens (primary N) is 1. The highest BCUT2D eigenvalue weighted by molar-refractivity contribution is 7.80. The summed E-state index contributed by atoms with van der Waals surface area (Å²) in [5.41, 5.74) is 6.59. The minimum Gasteiger partial charge on any atom is -0.480 e. The normalized spacial score (nSPS) is 15.8. The minimum absolute atomic E-state index is 0.0322. The van der Waals surface area contributed by atoms with Crippen LogP contribution < -0.4 is 21.7 Å². The second kappa shape index (κ2) is 13.0. The van der Waals surface area contributed by atoms with Crippen molar-refractivity contribution in [2.45, 2.75) is 63.9 Å². The molecule has 32 heavy (non-hydrogen) atoms. The van der Waals surface area contributed by atoms with Crippen LogP contribution in [0.25, 0.3) is 0 Å². The molecule has 0 radical (unpaired) electrons. The summed E-state index contributed by atoms with van der Waals surface area (Å²) in [4.78, 5) is 55.6. The van der Waals surface area contributed by atoms with E-state index in [1.54, 1.807) is 6.20 Å². The fraction of sp³-hybridized carbons (Fsp3) is 0.632. The lowest BCUT2D eigenvalue weighted by Gasteiger charge is -2.25. The Morgan fingerprint density at radius 1 is 1.09 bits per heavy atom. The van der Waals surface area contributed by atoms with Crippen LogP contribution in [0.2, 0.25) is 0 Å². The smallest absolute Gasteiger partial charge is 0.328 e. The van der Waals surface area contributed by atoms with Gasteiger partial charge in [-0.2, -0.15) is 12.6 Å². The molecule has 1 rings (SSSR count). The molecular weight excluding hydrogens is 440 g/mol. The maximum absolute atomic E-state index is 12.8. The van der Waals surface area contributed by atoms with Crippen molar-refractivity contribution in [1.29, 1.82) is 0 Å². The first kappa shape index (κ1) is 27.4. The Hall–Kier alpha value is -2.64. The second-order valence-electron chi connectivity index (χ2n) is 7.89. The maximum atomic E-state index is 12.8. The largest absolute Gasteiger partial charge is 0.480 e. The van der Waals surface area contributed by atoms with Gasteiger partial charge in [0.2, 0.25) is 17.7 Å². The van der Waals surface area contributed by atoms with Gasteiger partial charge < -0.3 is 36.9 Å². The first-order chi connectivity index (χ1) is 15.0. The molecule has 0 aliphatic carbocycles. The lowest BCUT2D eigenvalue weighted by molar-refractivity contribution is -0.145. The number of carboxylic acid groups (broad SMARTS) is 1. The average Bonchev–Trinajstić information content (AvgIpc) is 3.21. The van der Waals surface area contributed by atoms with Crippen molar-refractivity contribution in [3.05, 3.63) is 18.2 Å². The zero-order valence-corrected chi connectivity index (χ0v) is 19.1. The Morgan fingerprint density at radius 2 is 1.69 bits per heavy atom. The quantitative estimate of drug-likeness (QED) is 0.153. The van der Waals surface area contributed by atoms with E-state index in [2.05, 4.69) is 38.5 Å². The summed E-state index contributed by atoms with van der Waals surface area (Å²) >= 11 is 4.04. The predicted octanol–water partition coefficient (Wildman–Crippen LogP) is -1.82. The summed E-state index contributed by atoms with van der Waals surface area (Å²) < 4.78 is 0. The van der Waals surface area contributed by atoms with Gasteiger partial charge in [0.25, 0.3) is 0 Å². The van der Waals surface area contributed by atoms with Crippen LogP contribution in [0, 0.1) is 5.92 Å². The number of aromatic amines is 1. The Bertz CT molecular complexity index is 772. The van der Waals surface area contributed by atoms with E-state index in [4.69, 9.17) is 10.8 Å². The highest BCUT2D eigenvalue weighted by Gasteiger charge is 2.31. The highest BCUT2D eigenvalue weighted by atomic mass is 32.1. The molecule has 1 heterocycles. The molecule has 3 amide bonds. The minimum atomic E-state index is -1.55. The van der Waals surface area contributed by atoms with E-state index in [9.17, 15) is 24.3 Å². The van der Waals surface area contributed by atoms with Gasteiger partial charge in [0.15, 0.2) is 6.04 Å². The third-order valence-corrected chi connectivity index (χ3v) is 4.90. The van der Waals surface area contributed by atoms with Crippen LogP contribution in [0.15, 0.2) is 12.5 Å². The van der Waals surface area contributed by atoms with E-state index in [1.165, 1.54) is 13.3 Å². The second-order valence-corrected chi connectivity index (χ2v) is 8.25. The number of carboxylic acids is 1. The average molecular weight is 473 g/mol. The van der Waals surface area contributed by atoms with E-state index >= 15 is 0 Å². The van der Waals surface area contributed by atoms with Crippen LogP contribution in [0.5, 0.6) is 0 Å². The number of aromatic nitrogens is 2. The maximum Gasteiger partial charge on any atom is 0.328 e. The van der Waals surface area contributed by atoms with Crippen molar-refractivity contribution >= 4 is 36.3 Å². The molecule has 0 bridgehead atoms. The van der Waals surface area contributed by atoms with Crippen molar-refractivity contribution in [3.63, 3.8) is 0 Å². The summed E-state index contributed by atoms with van der Waals surface area (Å²) in [6, 6.07) is -4.63. The Morgan fingerprint density at radius 3 is 2.16 bits per heavy atom. The van der Waals surface area contributed by atoms with Crippen LogP contribution in [0.3, 0.4) is 0 Å². The highest BCUT2D eigenvalue weighted by Crippen LogP contribution is 2.07. The number of aliphatic hydroxyl groups excluding tert-OH is 1. The predicted molar refractivity (Wildman–Crippen MR) is 119 cm³/mol. The zero-order chi connectivity index (χ0) is 24.4. The van der Waals surface area contributed by atoms with Crippen molar-refractivity contribution in [2.24, 2.45) is 11.7 Å². The summed E-state index contributed by atoms with van der Waals surface area (Å²) in [5.74, 6) is -3.54. The summed E-state index contributed by atoms with van der Waals surface area (Å²) in [5, 5.41) is 25.9. The number of hydrogen-bond acceptors (Lipinski definition) is 8. The molecule has 1 aromatic heterocycles. The van der Waals surface area contributed by atoms with Gasteiger partial charge in [-0.1, -0.05) is 13.8 Å². The van der Waals surface area contributed by atoms with Crippen LogP contribution in [-0.2, 0) is 25.6 Å². The van der Waals surface area contributed by atoms with Crippen LogP contribution in [-0.4, -0.2) is 79.9 Å². The van der Waals surface area contributed by atoms with Crippen molar-refractivity contribution in [2.75, 3.05) is 5.75 Å². The first-order valence-electron chi connectivity index (χ1n) is 10.1. The Kier molecular flexibility index (Phi) is 11.2. The molecule has 0 spiro atoms. The molecular formula is C19H32N6O6S. The number of aliphatic hydroxyl groups is 1. The van der Waals surface area contributed by atoms with E-state index < -0.39 is 54.0 Å². The van der Waals surface area contributed by atoms with E-state index in [0.29, 0.717) is 5.69 Å². The van der Waals surface area contributed by atoms with E-state index in [-0.39, 0.29) is 24.5 Å². The molecule has 13 heteroatoms. The molecule has 0 saturated heterocycles. The summed E-state index contributed by atoms with van der Waals surface area (Å²) in [6.45, 7) is 4.94. The van der Waals surface area contributed by atoms with Crippen LogP contribution >= 0.6 is 12.6 Å².